The molecule has 7 nitrogen and oxygen atoms in total. The van der Waals surface area contributed by atoms with Crippen LogP contribution >= 0.6 is 0 Å². The highest BCUT2D eigenvalue weighted by atomic mass is 16.5. The second-order valence-corrected chi connectivity index (χ2v) is 13.6. The first-order valence-electron chi connectivity index (χ1n) is 13.8. The fourth-order valence-corrected chi connectivity index (χ4v) is 5.49. The average molecular weight is 543 g/mol. The van der Waals surface area contributed by atoms with Gasteiger partial charge in [-0.05, 0) is 70.4 Å². The van der Waals surface area contributed by atoms with Crippen molar-refractivity contribution in [3.8, 4) is 11.5 Å². The number of hydrogen-bond donors (Lipinski definition) is 5. The van der Waals surface area contributed by atoms with Crippen LogP contribution in [0, 0.1) is 5.92 Å². The number of aliphatic hydroxyl groups is 3. The Morgan fingerprint density at radius 2 is 1.41 bits per heavy atom. The van der Waals surface area contributed by atoms with Crippen LogP contribution < -0.4 is 0 Å². The Bertz CT molecular complexity index is 1110. The van der Waals surface area contributed by atoms with Gasteiger partial charge in [-0.2, -0.15) is 0 Å². The van der Waals surface area contributed by atoms with Crippen molar-refractivity contribution in [3.63, 3.8) is 0 Å². The minimum Gasteiger partial charge on any atom is -0.508 e. The molecule has 1 fully saturated rings. The van der Waals surface area contributed by atoms with Crippen LogP contribution in [0.1, 0.15) is 96.4 Å². The molecule has 0 radical (unpaired) electrons. The van der Waals surface area contributed by atoms with E-state index in [2.05, 4.69) is 0 Å². The second kappa shape index (κ2) is 11.1. The summed E-state index contributed by atoms with van der Waals surface area (Å²) < 4.78 is 5.72. The van der Waals surface area contributed by atoms with Gasteiger partial charge in [0.2, 0.25) is 0 Å². The SMILES string of the molecule is CC(C)(C)c1cc(C(C)(CC(=O)OCC2CCC(O)(CO)C(O)C2)c2ccc(O)c(C(C)(C)C)c2)ccc1O. The smallest absolute Gasteiger partial charge is 0.307 e. The van der Waals surface area contributed by atoms with Crippen molar-refractivity contribution >= 4 is 5.97 Å². The molecule has 0 heterocycles. The summed E-state index contributed by atoms with van der Waals surface area (Å²) in [7, 11) is 0. The van der Waals surface area contributed by atoms with Crippen molar-refractivity contribution in [2.75, 3.05) is 13.2 Å². The number of carbonyl (C=O) groups is 1. The van der Waals surface area contributed by atoms with Crippen molar-refractivity contribution in [2.24, 2.45) is 5.92 Å². The van der Waals surface area contributed by atoms with E-state index in [1.807, 2.05) is 72.7 Å². The number of hydrogen-bond acceptors (Lipinski definition) is 7. The van der Waals surface area contributed by atoms with Crippen LogP contribution in [-0.2, 0) is 25.8 Å². The molecular weight excluding hydrogens is 496 g/mol. The summed E-state index contributed by atoms with van der Waals surface area (Å²) in [5.74, 6) is -0.151. The molecule has 39 heavy (non-hydrogen) atoms. The number of phenols is 2. The molecule has 2 aromatic carbocycles. The van der Waals surface area contributed by atoms with Gasteiger partial charge in [0.25, 0.3) is 0 Å². The summed E-state index contributed by atoms with van der Waals surface area (Å²) in [5.41, 5.74) is 0.219. The molecule has 1 aliphatic carbocycles. The average Bonchev–Trinajstić information content (AvgIpc) is 2.83. The number of aromatic hydroxyl groups is 2. The van der Waals surface area contributed by atoms with E-state index in [-0.39, 0.29) is 54.1 Å². The van der Waals surface area contributed by atoms with Gasteiger partial charge in [-0.3, -0.25) is 4.79 Å². The van der Waals surface area contributed by atoms with E-state index in [1.54, 1.807) is 12.1 Å². The zero-order valence-electron chi connectivity index (χ0n) is 24.4. The predicted molar refractivity (Wildman–Crippen MR) is 151 cm³/mol. The van der Waals surface area contributed by atoms with Gasteiger partial charge < -0.3 is 30.3 Å². The summed E-state index contributed by atoms with van der Waals surface area (Å²) in [6.45, 7) is 13.7. The summed E-state index contributed by atoms with van der Waals surface area (Å²) in [5, 5.41) is 51.2. The normalized spacial score (nSPS) is 22.5. The highest BCUT2D eigenvalue weighted by molar-refractivity contribution is 5.73. The number of aliphatic hydroxyl groups excluding tert-OH is 2. The third-order valence-electron chi connectivity index (χ3n) is 8.30. The van der Waals surface area contributed by atoms with Crippen molar-refractivity contribution < 1.29 is 35.1 Å². The molecule has 1 saturated carbocycles. The molecule has 7 heteroatoms. The van der Waals surface area contributed by atoms with Crippen LogP contribution in [0.4, 0.5) is 0 Å². The molecule has 0 bridgehead atoms. The highest BCUT2D eigenvalue weighted by Crippen LogP contribution is 2.43. The molecule has 0 spiro atoms. The van der Waals surface area contributed by atoms with Crippen LogP contribution in [0.3, 0.4) is 0 Å². The minimum atomic E-state index is -1.51. The fourth-order valence-electron chi connectivity index (χ4n) is 5.49. The Morgan fingerprint density at radius 1 is 0.923 bits per heavy atom. The standard InChI is InChI=1S/C32H46O7/c1-29(2,3)23-15-21(8-10-25(23)34)31(7,22-9-11-26(35)24(16-22)30(4,5)6)17-28(37)39-18-20-12-13-32(38,19-33)27(36)14-20/h8-11,15-16,20,27,33-36,38H,12-14,17-19H2,1-7H3. The lowest BCUT2D eigenvalue weighted by Gasteiger charge is -2.39. The number of rotatable bonds is 7. The number of ether oxygens (including phenoxy) is 1. The first-order valence-corrected chi connectivity index (χ1v) is 13.8. The number of benzene rings is 2. The van der Waals surface area contributed by atoms with Gasteiger partial charge in [-0.1, -0.05) is 72.7 Å². The monoisotopic (exact) mass is 542 g/mol. The van der Waals surface area contributed by atoms with E-state index in [0.717, 1.165) is 22.3 Å². The van der Waals surface area contributed by atoms with Crippen molar-refractivity contribution in [3.05, 3.63) is 58.7 Å². The van der Waals surface area contributed by atoms with Crippen LogP contribution in [0.2, 0.25) is 0 Å². The summed E-state index contributed by atoms with van der Waals surface area (Å²) >= 11 is 0. The van der Waals surface area contributed by atoms with Crippen molar-refractivity contribution in [1.29, 1.82) is 0 Å². The van der Waals surface area contributed by atoms with E-state index in [0.29, 0.717) is 6.42 Å². The molecule has 0 aliphatic heterocycles. The van der Waals surface area contributed by atoms with Gasteiger partial charge in [-0.15, -0.1) is 0 Å². The molecule has 1 aliphatic rings. The molecule has 0 amide bonds. The van der Waals surface area contributed by atoms with Gasteiger partial charge in [0.15, 0.2) is 0 Å². The van der Waals surface area contributed by atoms with E-state index in [9.17, 15) is 30.3 Å². The first-order chi connectivity index (χ1) is 17.9. The van der Waals surface area contributed by atoms with Gasteiger partial charge in [0.05, 0.1) is 25.7 Å². The molecule has 0 aromatic heterocycles. The number of carbonyl (C=O) groups excluding carboxylic acids is 1. The van der Waals surface area contributed by atoms with Crippen LogP contribution in [0.5, 0.6) is 11.5 Å². The topological polar surface area (TPSA) is 127 Å². The number of phenolic OH excluding ortho intramolecular Hbond substituents is 2. The summed E-state index contributed by atoms with van der Waals surface area (Å²) in [6, 6.07) is 10.9. The summed E-state index contributed by atoms with van der Waals surface area (Å²) in [6.07, 6.45) is -0.0618. The Kier molecular flexibility index (Phi) is 8.81. The van der Waals surface area contributed by atoms with E-state index in [1.165, 1.54) is 0 Å². The molecule has 3 rings (SSSR count). The lowest BCUT2D eigenvalue weighted by atomic mass is 9.70. The molecule has 3 atom stereocenters. The van der Waals surface area contributed by atoms with E-state index in [4.69, 9.17) is 4.74 Å². The molecule has 0 saturated heterocycles. The zero-order chi connectivity index (χ0) is 29.4. The zero-order valence-corrected chi connectivity index (χ0v) is 24.4. The lowest BCUT2D eigenvalue weighted by Crippen LogP contribution is -2.50. The van der Waals surface area contributed by atoms with E-state index >= 15 is 0 Å². The molecular formula is C32H46O7. The molecule has 5 N–H and O–H groups in total. The Hall–Kier alpha value is -2.61. The van der Waals surface area contributed by atoms with Gasteiger partial charge >= 0.3 is 5.97 Å². The van der Waals surface area contributed by atoms with Crippen LogP contribution in [0.25, 0.3) is 0 Å². The molecule has 3 unspecified atom stereocenters. The van der Waals surface area contributed by atoms with E-state index < -0.39 is 29.7 Å². The second-order valence-electron chi connectivity index (χ2n) is 13.6. The largest absolute Gasteiger partial charge is 0.508 e. The maximum Gasteiger partial charge on any atom is 0.307 e. The Balaban J connectivity index is 1.95. The minimum absolute atomic E-state index is 0.0194. The quantitative estimate of drug-likeness (QED) is 0.318. The molecule has 2 aromatic rings. The highest BCUT2D eigenvalue weighted by Gasteiger charge is 2.41. The fraction of sp³-hybridized carbons (Fsp3) is 0.594. The van der Waals surface area contributed by atoms with Gasteiger partial charge in [0, 0.05) is 5.41 Å². The maximum absolute atomic E-state index is 13.3. The third-order valence-corrected chi connectivity index (χ3v) is 8.30. The predicted octanol–water partition coefficient (Wildman–Crippen LogP) is 4.82. The van der Waals surface area contributed by atoms with Crippen molar-refractivity contribution in [1.82, 2.24) is 0 Å². The Morgan fingerprint density at radius 3 is 1.82 bits per heavy atom. The van der Waals surface area contributed by atoms with Gasteiger partial charge in [-0.25, -0.2) is 0 Å². The van der Waals surface area contributed by atoms with Crippen LogP contribution in [0.15, 0.2) is 36.4 Å². The first kappa shape index (κ1) is 30.9. The molecule has 216 valence electrons. The van der Waals surface area contributed by atoms with Crippen LogP contribution in [-0.4, -0.2) is 56.4 Å². The summed E-state index contributed by atoms with van der Waals surface area (Å²) in [4.78, 5) is 13.3. The van der Waals surface area contributed by atoms with Gasteiger partial charge in [0.1, 0.15) is 17.1 Å². The maximum atomic E-state index is 13.3. The third kappa shape index (κ3) is 6.76. The lowest BCUT2D eigenvalue weighted by molar-refractivity contribution is -0.154. The van der Waals surface area contributed by atoms with Crippen molar-refractivity contribution in [2.45, 2.75) is 102 Å². The number of esters is 1. The Labute approximate surface area is 232 Å².